The number of nitrogens with zero attached hydrogens (tertiary/aromatic N) is 1. The lowest BCUT2D eigenvalue weighted by atomic mass is 10.1. The zero-order valence-electron chi connectivity index (χ0n) is 12.6. The lowest BCUT2D eigenvalue weighted by Gasteiger charge is -2.23. The van der Waals surface area contributed by atoms with E-state index in [0.717, 1.165) is 25.3 Å². The molecule has 0 bridgehead atoms. The van der Waals surface area contributed by atoms with E-state index in [0.29, 0.717) is 6.54 Å². The predicted octanol–water partition coefficient (Wildman–Crippen LogP) is 2.19. The first kappa shape index (κ1) is 16.0. The Balaban J connectivity index is 2.12. The van der Waals surface area contributed by atoms with Crippen LogP contribution in [0.4, 0.5) is 10.5 Å². The maximum absolute atomic E-state index is 11.3. The van der Waals surface area contributed by atoms with Gasteiger partial charge in [0.1, 0.15) is 0 Å². The SMILES string of the molecule is CCSc1cccc(N2CCC(NC(=O)OC)C2)c1CN. The van der Waals surface area contributed by atoms with Gasteiger partial charge in [0.05, 0.1) is 13.2 Å². The third-order valence-corrected chi connectivity index (χ3v) is 4.63. The minimum Gasteiger partial charge on any atom is -0.453 e. The molecule has 1 unspecified atom stereocenters. The number of hydrogen-bond acceptors (Lipinski definition) is 5. The summed E-state index contributed by atoms with van der Waals surface area (Å²) in [5, 5.41) is 2.87. The molecule has 21 heavy (non-hydrogen) atoms. The van der Waals surface area contributed by atoms with Crippen LogP contribution in [0.1, 0.15) is 18.9 Å². The molecule has 1 saturated heterocycles. The number of hydrogen-bond donors (Lipinski definition) is 2. The van der Waals surface area contributed by atoms with Gasteiger partial charge in [-0.05, 0) is 24.3 Å². The van der Waals surface area contributed by atoms with Crippen molar-refractivity contribution in [1.29, 1.82) is 0 Å². The van der Waals surface area contributed by atoms with Gasteiger partial charge >= 0.3 is 6.09 Å². The van der Waals surface area contributed by atoms with Gasteiger partial charge in [-0.3, -0.25) is 0 Å². The second-order valence-electron chi connectivity index (χ2n) is 4.96. The van der Waals surface area contributed by atoms with Crippen LogP contribution in [0.25, 0.3) is 0 Å². The van der Waals surface area contributed by atoms with Crippen molar-refractivity contribution in [2.45, 2.75) is 30.8 Å². The van der Waals surface area contributed by atoms with Crippen LogP contribution in [0.2, 0.25) is 0 Å². The summed E-state index contributed by atoms with van der Waals surface area (Å²) in [4.78, 5) is 14.8. The third-order valence-electron chi connectivity index (χ3n) is 3.65. The quantitative estimate of drug-likeness (QED) is 0.816. The van der Waals surface area contributed by atoms with Crippen molar-refractivity contribution in [3.05, 3.63) is 23.8 Å². The fourth-order valence-corrected chi connectivity index (χ4v) is 3.52. The number of ether oxygens (including phenoxy) is 1. The van der Waals surface area contributed by atoms with Crippen molar-refractivity contribution in [2.75, 3.05) is 30.9 Å². The highest BCUT2D eigenvalue weighted by atomic mass is 32.2. The summed E-state index contributed by atoms with van der Waals surface area (Å²) >= 11 is 1.82. The van der Waals surface area contributed by atoms with Crippen molar-refractivity contribution in [2.24, 2.45) is 5.73 Å². The summed E-state index contributed by atoms with van der Waals surface area (Å²) in [5.74, 6) is 1.03. The van der Waals surface area contributed by atoms with Gasteiger partial charge in [0.2, 0.25) is 0 Å². The lowest BCUT2D eigenvalue weighted by molar-refractivity contribution is 0.167. The number of benzene rings is 1. The number of nitrogens with two attached hydrogens (primary N) is 1. The van der Waals surface area contributed by atoms with Crippen molar-refractivity contribution >= 4 is 23.5 Å². The molecule has 0 spiro atoms. The van der Waals surface area contributed by atoms with E-state index in [2.05, 4.69) is 40.1 Å². The molecule has 0 saturated carbocycles. The van der Waals surface area contributed by atoms with Crippen LogP contribution in [0.5, 0.6) is 0 Å². The highest BCUT2D eigenvalue weighted by molar-refractivity contribution is 7.99. The molecule has 1 aliphatic heterocycles. The Bertz CT molecular complexity index is 496. The molecule has 5 nitrogen and oxygen atoms in total. The Morgan fingerprint density at radius 2 is 2.38 bits per heavy atom. The number of alkyl carbamates (subject to hydrolysis) is 1. The van der Waals surface area contributed by atoms with Gasteiger partial charge in [-0.25, -0.2) is 4.79 Å². The first-order valence-electron chi connectivity index (χ1n) is 7.23. The third kappa shape index (κ3) is 3.83. The Morgan fingerprint density at radius 3 is 3.05 bits per heavy atom. The molecule has 1 aromatic rings. The van der Waals surface area contributed by atoms with Crippen LogP contribution >= 0.6 is 11.8 Å². The Kier molecular flexibility index (Phi) is 5.76. The van der Waals surface area contributed by atoms with E-state index in [4.69, 9.17) is 5.73 Å². The molecule has 1 fully saturated rings. The second-order valence-corrected chi connectivity index (χ2v) is 6.26. The van der Waals surface area contributed by atoms with Crippen LogP contribution < -0.4 is 16.0 Å². The minimum atomic E-state index is -0.365. The molecule has 3 N–H and O–H groups in total. The molecule has 0 aliphatic carbocycles. The van der Waals surface area contributed by atoms with E-state index < -0.39 is 0 Å². The zero-order valence-corrected chi connectivity index (χ0v) is 13.4. The molecule has 1 atom stereocenters. The van der Waals surface area contributed by atoms with Crippen molar-refractivity contribution in [1.82, 2.24) is 5.32 Å². The number of carbonyl (C=O) groups excluding carboxylic acids is 1. The number of thioether (sulfide) groups is 1. The Hall–Kier alpha value is -1.40. The smallest absolute Gasteiger partial charge is 0.407 e. The number of amides is 1. The fourth-order valence-electron chi connectivity index (χ4n) is 2.67. The van der Waals surface area contributed by atoms with Crippen LogP contribution in [0.3, 0.4) is 0 Å². The molecule has 1 aliphatic rings. The zero-order chi connectivity index (χ0) is 15.2. The van der Waals surface area contributed by atoms with Gasteiger partial charge < -0.3 is 20.7 Å². The first-order valence-corrected chi connectivity index (χ1v) is 8.22. The summed E-state index contributed by atoms with van der Waals surface area (Å²) in [5.41, 5.74) is 8.34. The molecule has 0 radical (unpaired) electrons. The molecule has 1 aromatic carbocycles. The van der Waals surface area contributed by atoms with E-state index in [1.807, 2.05) is 11.8 Å². The molecule has 1 heterocycles. The van der Waals surface area contributed by atoms with Gasteiger partial charge in [-0.1, -0.05) is 13.0 Å². The summed E-state index contributed by atoms with van der Waals surface area (Å²) in [6.07, 6.45) is 0.556. The van der Waals surface area contributed by atoms with Crippen LogP contribution in [0.15, 0.2) is 23.1 Å². The highest BCUT2D eigenvalue weighted by Crippen LogP contribution is 2.32. The van der Waals surface area contributed by atoms with Crippen molar-refractivity contribution in [3.8, 4) is 0 Å². The highest BCUT2D eigenvalue weighted by Gasteiger charge is 2.26. The summed E-state index contributed by atoms with van der Waals surface area (Å²) in [7, 11) is 1.39. The average molecular weight is 309 g/mol. The normalized spacial score (nSPS) is 17.9. The number of anilines is 1. The Morgan fingerprint density at radius 1 is 1.57 bits per heavy atom. The van der Waals surface area contributed by atoms with Gasteiger partial charge in [0, 0.05) is 35.8 Å². The largest absolute Gasteiger partial charge is 0.453 e. The monoisotopic (exact) mass is 309 g/mol. The van der Waals surface area contributed by atoms with Crippen molar-refractivity contribution in [3.63, 3.8) is 0 Å². The van der Waals surface area contributed by atoms with E-state index in [1.54, 1.807) is 0 Å². The first-order chi connectivity index (χ1) is 10.2. The van der Waals surface area contributed by atoms with E-state index in [1.165, 1.54) is 23.3 Å². The van der Waals surface area contributed by atoms with E-state index >= 15 is 0 Å². The standard InChI is InChI=1S/C15H23N3O2S/c1-3-21-14-6-4-5-13(12(14)9-16)18-8-7-11(10-18)17-15(19)20-2/h4-6,11H,3,7-10,16H2,1-2H3,(H,17,19). The molecule has 1 amide bonds. The maximum Gasteiger partial charge on any atom is 0.407 e. The molecule has 0 aromatic heterocycles. The molecule has 2 rings (SSSR count). The van der Waals surface area contributed by atoms with Crippen LogP contribution in [-0.2, 0) is 11.3 Å². The van der Waals surface area contributed by atoms with E-state index in [9.17, 15) is 4.79 Å². The van der Waals surface area contributed by atoms with Gasteiger partial charge in [-0.15, -0.1) is 11.8 Å². The maximum atomic E-state index is 11.3. The molecular weight excluding hydrogens is 286 g/mol. The van der Waals surface area contributed by atoms with Gasteiger partial charge in [0.25, 0.3) is 0 Å². The number of methoxy groups -OCH3 is 1. The summed E-state index contributed by atoms with van der Waals surface area (Å²) in [6.45, 7) is 4.39. The minimum absolute atomic E-state index is 0.130. The van der Waals surface area contributed by atoms with Crippen molar-refractivity contribution < 1.29 is 9.53 Å². The summed E-state index contributed by atoms with van der Waals surface area (Å²) < 4.78 is 4.66. The molecule has 116 valence electrons. The molecular formula is C15H23N3O2S. The Labute approximate surface area is 130 Å². The number of carbonyl (C=O) groups is 1. The van der Waals surface area contributed by atoms with E-state index in [-0.39, 0.29) is 12.1 Å². The molecule has 6 heteroatoms. The second kappa shape index (κ2) is 7.56. The fraction of sp³-hybridized carbons (Fsp3) is 0.533. The number of nitrogens with one attached hydrogen (secondary N) is 1. The predicted molar refractivity (Wildman–Crippen MR) is 86.9 cm³/mol. The van der Waals surface area contributed by atoms with Crippen LogP contribution in [-0.4, -0.2) is 38.1 Å². The van der Waals surface area contributed by atoms with Gasteiger partial charge in [-0.2, -0.15) is 0 Å². The average Bonchev–Trinajstić information content (AvgIpc) is 2.95. The van der Waals surface area contributed by atoms with Gasteiger partial charge in [0.15, 0.2) is 0 Å². The summed E-state index contributed by atoms with van der Waals surface area (Å²) in [6, 6.07) is 6.45. The lowest BCUT2D eigenvalue weighted by Crippen LogP contribution is -2.37. The number of rotatable bonds is 5. The topological polar surface area (TPSA) is 67.6 Å². The van der Waals surface area contributed by atoms with Crippen LogP contribution in [0, 0.1) is 0 Å².